The number of fused-ring (bicyclic) bond motifs is 1. The summed E-state index contributed by atoms with van der Waals surface area (Å²) in [7, 11) is 0. The second kappa shape index (κ2) is 7.05. The largest absolute Gasteiger partial charge is 0.381 e. The summed E-state index contributed by atoms with van der Waals surface area (Å²) in [6, 6.07) is 8.44. The Hall–Kier alpha value is -1.39. The lowest BCUT2D eigenvalue weighted by Gasteiger charge is -2.12. The highest BCUT2D eigenvalue weighted by molar-refractivity contribution is 5.75. The molecule has 1 aliphatic rings. The van der Waals surface area contributed by atoms with Gasteiger partial charge in [-0.05, 0) is 30.9 Å². The molecule has 1 aromatic heterocycles. The van der Waals surface area contributed by atoms with Gasteiger partial charge in [-0.25, -0.2) is 4.98 Å². The smallest absolute Gasteiger partial charge is 0.109 e. The predicted octanol–water partition coefficient (Wildman–Crippen LogP) is 2.61. The Morgan fingerprint density at radius 1 is 1.38 bits per heavy atom. The lowest BCUT2D eigenvalue weighted by Crippen LogP contribution is -2.27. The molecule has 0 bridgehead atoms. The Bertz CT molecular complexity index is 572. The van der Waals surface area contributed by atoms with E-state index in [1.807, 2.05) is 0 Å². The third kappa shape index (κ3) is 3.44. The van der Waals surface area contributed by atoms with E-state index in [1.165, 1.54) is 17.8 Å². The van der Waals surface area contributed by atoms with E-state index < -0.39 is 0 Å². The molecule has 1 atom stereocenters. The zero-order chi connectivity index (χ0) is 14.5. The van der Waals surface area contributed by atoms with Crippen molar-refractivity contribution < 1.29 is 4.74 Å². The molecule has 0 amide bonds. The van der Waals surface area contributed by atoms with Crippen molar-refractivity contribution in [3.63, 3.8) is 0 Å². The molecule has 1 fully saturated rings. The standard InChI is InChI=1S/C17H25N3O/c1-2-5-17-19-15-6-3-4-7-16(15)20(17)10-9-18-12-14-8-11-21-13-14/h3-4,6-7,14,18H,2,5,8-13H2,1H3. The molecule has 0 aliphatic carbocycles. The summed E-state index contributed by atoms with van der Waals surface area (Å²) in [4.78, 5) is 4.77. The van der Waals surface area contributed by atoms with Crippen LogP contribution in [0.1, 0.15) is 25.6 Å². The average molecular weight is 287 g/mol. The molecule has 2 heterocycles. The Kier molecular flexibility index (Phi) is 4.88. The molecular weight excluding hydrogens is 262 g/mol. The number of rotatable bonds is 7. The van der Waals surface area contributed by atoms with E-state index in [9.17, 15) is 0 Å². The molecule has 21 heavy (non-hydrogen) atoms. The van der Waals surface area contributed by atoms with E-state index in [4.69, 9.17) is 9.72 Å². The number of hydrogen-bond acceptors (Lipinski definition) is 3. The van der Waals surface area contributed by atoms with Crippen molar-refractivity contribution in [3.05, 3.63) is 30.1 Å². The minimum absolute atomic E-state index is 0.694. The lowest BCUT2D eigenvalue weighted by atomic mass is 10.1. The number of imidazole rings is 1. The summed E-state index contributed by atoms with van der Waals surface area (Å²) in [6.07, 6.45) is 3.38. The van der Waals surface area contributed by atoms with Crippen molar-refractivity contribution in [2.45, 2.75) is 32.7 Å². The van der Waals surface area contributed by atoms with Crippen molar-refractivity contribution in [1.82, 2.24) is 14.9 Å². The van der Waals surface area contributed by atoms with Gasteiger partial charge in [0.2, 0.25) is 0 Å². The molecule has 1 unspecified atom stereocenters. The minimum atomic E-state index is 0.694. The van der Waals surface area contributed by atoms with Gasteiger partial charge in [0.1, 0.15) is 5.82 Å². The molecule has 0 saturated carbocycles. The molecule has 1 aromatic carbocycles. The van der Waals surface area contributed by atoms with Gasteiger partial charge < -0.3 is 14.6 Å². The van der Waals surface area contributed by atoms with E-state index >= 15 is 0 Å². The molecule has 1 aliphatic heterocycles. The van der Waals surface area contributed by atoms with Crippen LogP contribution in [0, 0.1) is 5.92 Å². The van der Waals surface area contributed by atoms with Crippen LogP contribution >= 0.6 is 0 Å². The van der Waals surface area contributed by atoms with Crippen LogP contribution < -0.4 is 5.32 Å². The topological polar surface area (TPSA) is 39.1 Å². The molecule has 0 spiro atoms. The Morgan fingerprint density at radius 3 is 3.10 bits per heavy atom. The average Bonchev–Trinajstić information content (AvgIpc) is 3.12. The van der Waals surface area contributed by atoms with Crippen LogP contribution in [-0.2, 0) is 17.7 Å². The maximum atomic E-state index is 5.41. The van der Waals surface area contributed by atoms with Crippen LogP contribution in [0.25, 0.3) is 11.0 Å². The highest BCUT2D eigenvalue weighted by Crippen LogP contribution is 2.17. The number of nitrogens with zero attached hydrogens (tertiary/aromatic N) is 2. The molecular formula is C17H25N3O. The predicted molar refractivity (Wildman–Crippen MR) is 85.5 cm³/mol. The van der Waals surface area contributed by atoms with Gasteiger partial charge in [-0.1, -0.05) is 19.1 Å². The van der Waals surface area contributed by atoms with Crippen LogP contribution in [0.5, 0.6) is 0 Å². The number of aromatic nitrogens is 2. The maximum absolute atomic E-state index is 5.41. The molecule has 2 aromatic rings. The first-order chi connectivity index (χ1) is 10.4. The fraction of sp³-hybridized carbons (Fsp3) is 0.588. The van der Waals surface area contributed by atoms with Crippen molar-refractivity contribution in [3.8, 4) is 0 Å². The van der Waals surface area contributed by atoms with Crippen molar-refractivity contribution >= 4 is 11.0 Å². The number of ether oxygens (including phenoxy) is 1. The second-order valence-electron chi connectivity index (χ2n) is 5.85. The third-order valence-electron chi connectivity index (χ3n) is 4.18. The number of aryl methyl sites for hydroxylation is 1. The number of para-hydroxylation sites is 2. The number of hydrogen-bond donors (Lipinski definition) is 1. The second-order valence-corrected chi connectivity index (χ2v) is 5.85. The summed E-state index contributed by atoms with van der Waals surface area (Å²) >= 11 is 0. The van der Waals surface area contributed by atoms with Gasteiger partial charge >= 0.3 is 0 Å². The van der Waals surface area contributed by atoms with E-state index in [0.717, 1.165) is 51.2 Å². The van der Waals surface area contributed by atoms with Gasteiger partial charge in [0.25, 0.3) is 0 Å². The van der Waals surface area contributed by atoms with E-state index in [2.05, 4.69) is 41.1 Å². The van der Waals surface area contributed by atoms with Crippen LogP contribution in [0.3, 0.4) is 0 Å². The summed E-state index contributed by atoms with van der Waals surface area (Å²) in [6.45, 7) is 7.11. The Morgan fingerprint density at radius 2 is 2.29 bits per heavy atom. The Balaban J connectivity index is 1.62. The fourth-order valence-corrected chi connectivity index (χ4v) is 3.03. The summed E-state index contributed by atoms with van der Waals surface area (Å²) in [5.74, 6) is 1.91. The first kappa shape index (κ1) is 14.5. The lowest BCUT2D eigenvalue weighted by molar-refractivity contribution is 0.185. The zero-order valence-electron chi connectivity index (χ0n) is 12.8. The first-order valence-corrected chi connectivity index (χ1v) is 8.11. The van der Waals surface area contributed by atoms with E-state index in [0.29, 0.717) is 5.92 Å². The van der Waals surface area contributed by atoms with Crippen LogP contribution in [0.4, 0.5) is 0 Å². The van der Waals surface area contributed by atoms with Crippen molar-refractivity contribution in [1.29, 1.82) is 0 Å². The monoisotopic (exact) mass is 287 g/mol. The minimum Gasteiger partial charge on any atom is -0.381 e. The molecule has 3 rings (SSSR count). The molecule has 1 N–H and O–H groups in total. The quantitative estimate of drug-likeness (QED) is 0.796. The highest BCUT2D eigenvalue weighted by Gasteiger charge is 2.15. The van der Waals surface area contributed by atoms with Gasteiger partial charge in [-0.3, -0.25) is 0 Å². The van der Waals surface area contributed by atoms with Crippen molar-refractivity contribution in [2.75, 3.05) is 26.3 Å². The molecule has 1 saturated heterocycles. The third-order valence-corrected chi connectivity index (χ3v) is 4.18. The SMILES string of the molecule is CCCc1nc2ccccc2n1CCNCC1CCOC1. The fourth-order valence-electron chi connectivity index (χ4n) is 3.03. The van der Waals surface area contributed by atoms with E-state index in [-0.39, 0.29) is 0 Å². The first-order valence-electron chi connectivity index (χ1n) is 8.11. The summed E-state index contributed by atoms with van der Waals surface area (Å²) in [5, 5.41) is 3.57. The van der Waals surface area contributed by atoms with Gasteiger partial charge in [0.15, 0.2) is 0 Å². The van der Waals surface area contributed by atoms with Gasteiger partial charge in [-0.15, -0.1) is 0 Å². The number of benzene rings is 1. The molecule has 0 radical (unpaired) electrons. The summed E-state index contributed by atoms with van der Waals surface area (Å²) < 4.78 is 7.79. The van der Waals surface area contributed by atoms with Crippen molar-refractivity contribution in [2.24, 2.45) is 5.92 Å². The zero-order valence-corrected chi connectivity index (χ0v) is 12.8. The number of nitrogens with one attached hydrogen (secondary N) is 1. The van der Waals surface area contributed by atoms with Gasteiger partial charge in [0.05, 0.1) is 17.6 Å². The van der Waals surface area contributed by atoms with Crippen LogP contribution in [0.15, 0.2) is 24.3 Å². The molecule has 114 valence electrons. The molecule has 4 heteroatoms. The normalized spacial score (nSPS) is 18.6. The molecule has 4 nitrogen and oxygen atoms in total. The highest BCUT2D eigenvalue weighted by atomic mass is 16.5. The van der Waals surface area contributed by atoms with Gasteiger partial charge in [0, 0.05) is 32.7 Å². The van der Waals surface area contributed by atoms with Crippen LogP contribution in [0.2, 0.25) is 0 Å². The Labute approximate surface area is 126 Å². The van der Waals surface area contributed by atoms with Gasteiger partial charge in [-0.2, -0.15) is 0 Å². The van der Waals surface area contributed by atoms with Crippen LogP contribution in [-0.4, -0.2) is 35.9 Å². The maximum Gasteiger partial charge on any atom is 0.109 e. The van der Waals surface area contributed by atoms with E-state index in [1.54, 1.807) is 0 Å². The summed E-state index contributed by atoms with van der Waals surface area (Å²) in [5.41, 5.74) is 2.37.